The van der Waals surface area contributed by atoms with Crippen LogP contribution in [0.4, 0.5) is 0 Å². The molecule has 0 atom stereocenters. The largest absolute Gasteiger partial charge is 0.406 e. The number of aryl methyl sites for hydroxylation is 3. The van der Waals surface area contributed by atoms with Crippen molar-refractivity contribution in [1.29, 1.82) is 0 Å². The first-order chi connectivity index (χ1) is 4.18. The van der Waals surface area contributed by atoms with Gasteiger partial charge in [-0.05, 0) is 6.92 Å². The highest BCUT2D eigenvalue weighted by Gasteiger charge is 2.00. The molecule has 1 aromatic heterocycles. The Morgan fingerprint density at radius 2 is 1.56 bits per heavy atom. The fourth-order valence-electron chi connectivity index (χ4n) is 1.03. The maximum atomic E-state index is 2.08. The van der Waals surface area contributed by atoms with Crippen LogP contribution in [0.1, 0.15) is 5.56 Å². The first-order valence-corrected chi connectivity index (χ1v) is 3.00. The van der Waals surface area contributed by atoms with Crippen molar-refractivity contribution in [2.24, 2.45) is 14.1 Å². The lowest BCUT2D eigenvalue weighted by atomic mass is 10.4. The van der Waals surface area contributed by atoms with Crippen LogP contribution in [0, 0.1) is 6.92 Å². The Morgan fingerprint density at radius 1 is 1.11 bits per heavy atom. The van der Waals surface area contributed by atoms with Crippen LogP contribution in [0.15, 0.2) is 18.7 Å². The molecule has 1 rings (SSSR count). The number of rotatable bonds is 0. The van der Waals surface area contributed by atoms with Gasteiger partial charge in [-0.25, -0.2) is 0 Å². The van der Waals surface area contributed by atoms with Crippen molar-refractivity contribution in [3.05, 3.63) is 24.3 Å². The molecule has 0 bridgehead atoms. The van der Waals surface area contributed by atoms with Crippen molar-refractivity contribution in [3.63, 3.8) is 0 Å². The van der Waals surface area contributed by atoms with Gasteiger partial charge in [-0.3, -0.25) is 0 Å². The summed E-state index contributed by atoms with van der Waals surface area (Å²) in [5, 5.41) is 0. The van der Waals surface area contributed by atoms with E-state index in [1.165, 1.54) is 5.56 Å². The molecule has 0 saturated heterocycles. The van der Waals surface area contributed by atoms with Crippen molar-refractivity contribution in [2.75, 3.05) is 0 Å². The van der Waals surface area contributed by atoms with E-state index in [1.54, 1.807) is 0 Å². The van der Waals surface area contributed by atoms with E-state index in [1.807, 2.05) is 29.6 Å². The van der Waals surface area contributed by atoms with Crippen LogP contribution in [0.2, 0.25) is 0 Å². The molecule has 0 spiro atoms. The molecular weight excluding hydrogens is 112 g/mol. The summed E-state index contributed by atoms with van der Waals surface area (Å²) in [6, 6.07) is 0. The molecule has 0 N–H and O–H groups in total. The number of hydrogen-bond donors (Lipinski definition) is 0. The number of nitrogens with zero attached hydrogens (tertiary/aromatic N) is 2. The summed E-state index contributed by atoms with van der Waals surface area (Å²) in [5.41, 5.74) is 1.28. The van der Waals surface area contributed by atoms with Crippen molar-refractivity contribution in [1.82, 2.24) is 0 Å². The molecule has 0 amide bonds. The molecule has 1 aromatic rings. The lowest BCUT2D eigenvalue weighted by Gasteiger charge is -1.86. The summed E-state index contributed by atoms with van der Waals surface area (Å²) < 4.78 is 4.07. The Bertz CT molecular complexity index is 168. The predicted octanol–water partition coefficient (Wildman–Crippen LogP) is -0.356. The molecule has 0 unspecified atom stereocenters. The van der Waals surface area contributed by atoms with Gasteiger partial charge in [0, 0.05) is 0 Å². The summed E-state index contributed by atoms with van der Waals surface area (Å²) in [6.07, 6.45) is 6.19. The van der Waals surface area contributed by atoms with Crippen LogP contribution in [0.25, 0.3) is 0 Å². The fourth-order valence-corrected chi connectivity index (χ4v) is 1.03. The second kappa shape index (κ2) is 2.13. The Morgan fingerprint density at radius 3 is 1.89 bits per heavy atom. The maximum absolute atomic E-state index is 2.08. The third-order valence-electron chi connectivity index (χ3n) is 1.18. The molecule has 0 fully saturated rings. The van der Waals surface area contributed by atoms with Gasteiger partial charge in [-0.1, -0.05) is 0 Å². The van der Waals surface area contributed by atoms with E-state index in [4.69, 9.17) is 0 Å². The zero-order valence-electron chi connectivity index (χ0n) is 6.13. The van der Waals surface area contributed by atoms with Gasteiger partial charge in [0.05, 0.1) is 5.56 Å². The maximum Gasteiger partial charge on any atom is 0.406 e. The Balaban J connectivity index is 3.17. The minimum atomic E-state index is 1.28. The molecule has 0 aliphatic heterocycles. The second-order valence-electron chi connectivity index (χ2n) is 2.45. The molecule has 48 valence electrons. The molecule has 9 heavy (non-hydrogen) atoms. The topological polar surface area (TPSA) is 7.76 Å². The summed E-state index contributed by atoms with van der Waals surface area (Å²) in [7, 11) is 4.04. The normalized spacial score (nSPS) is 9.67. The summed E-state index contributed by atoms with van der Waals surface area (Å²) >= 11 is 0. The summed E-state index contributed by atoms with van der Waals surface area (Å²) in [4.78, 5) is 0. The van der Waals surface area contributed by atoms with E-state index < -0.39 is 0 Å². The zero-order chi connectivity index (χ0) is 6.85. The molecule has 2 heteroatoms. The molecule has 1 heterocycles. The first kappa shape index (κ1) is 6.20. The van der Waals surface area contributed by atoms with Crippen LogP contribution in [-0.2, 0) is 14.1 Å². The third-order valence-corrected chi connectivity index (χ3v) is 1.18. The van der Waals surface area contributed by atoms with E-state index >= 15 is 0 Å². The van der Waals surface area contributed by atoms with E-state index in [2.05, 4.69) is 19.3 Å². The highest BCUT2D eigenvalue weighted by atomic mass is 15.0. The third kappa shape index (κ3) is 1.49. The van der Waals surface area contributed by atoms with Crippen molar-refractivity contribution >= 4 is 0 Å². The van der Waals surface area contributed by atoms with E-state index in [0.29, 0.717) is 0 Å². The highest BCUT2D eigenvalue weighted by molar-refractivity contribution is 4.90. The molecule has 0 radical (unpaired) electrons. The predicted molar refractivity (Wildman–Crippen MR) is 33.5 cm³/mol. The molecule has 2 nitrogen and oxygen atoms in total. The van der Waals surface area contributed by atoms with Gasteiger partial charge >= 0.3 is 6.33 Å². The number of aromatic nitrogens is 2. The quantitative estimate of drug-likeness (QED) is 0.417. The minimum absolute atomic E-state index is 1.28. The van der Waals surface area contributed by atoms with Gasteiger partial charge in [0.25, 0.3) is 0 Å². The van der Waals surface area contributed by atoms with Crippen LogP contribution in [0.5, 0.6) is 0 Å². The number of hydrogen-bond acceptors (Lipinski definition) is 0. The highest BCUT2D eigenvalue weighted by Crippen LogP contribution is 1.81. The van der Waals surface area contributed by atoms with Crippen LogP contribution < -0.4 is 9.13 Å². The van der Waals surface area contributed by atoms with Gasteiger partial charge in [0.1, 0.15) is 14.1 Å². The molecule has 0 aliphatic rings. The molecule has 0 aromatic carbocycles. The fraction of sp³-hybridized carbons (Fsp3) is 0.429. The van der Waals surface area contributed by atoms with Crippen molar-refractivity contribution in [3.8, 4) is 0 Å². The van der Waals surface area contributed by atoms with Gasteiger partial charge in [0.15, 0.2) is 12.4 Å². The first-order valence-electron chi connectivity index (χ1n) is 3.00. The SMILES string of the molecule is Cc1c[n+](C)c[n+](C)c1. The van der Waals surface area contributed by atoms with E-state index in [0.717, 1.165) is 0 Å². The van der Waals surface area contributed by atoms with Crippen molar-refractivity contribution in [2.45, 2.75) is 6.92 Å². The molecule has 0 aliphatic carbocycles. The Labute approximate surface area is 55.4 Å². The lowest BCUT2D eigenvalue weighted by Crippen LogP contribution is -2.42. The van der Waals surface area contributed by atoms with Gasteiger partial charge < -0.3 is 0 Å². The van der Waals surface area contributed by atoms with Gasteiger partial charge in [-0.15, -0.1) is 0 Å². The lowest BCUT2D eigenvalue weighted by molar-refractivity contribution is -0.805. The van der Waals surface area contributed by atoms with Crippen LogP contribution >= 0.6 is 0 Å². The smallest absolute Gasteiger partial charge is 0.152 e. The Kier molecular flexibility index (Phi) is 1.47. The van der Waals surface area contributed by atoms with Gasteiger partial charge in [-0.2, -0.15) is 9.13 Å². The Hall–Kier alpha value is -0.920. The van der Waals surface area contributed by atoms with E-state index in [-0.39, 0.29) is 0 Å². The van der Waals surface area contributed by atoms with Crippen LogP contribution in [0.3, 0.4) is 0 Å². The van der Waals surface area contributed by atoms with E-state index in [9.17, 15) is 0 Å². The average Bonchev–Trinajstić information content (AvgIpc) is 1.59. The second-order valence-corrected chi connectivity index (χ2v) is 2.45. The standard InChI is InChI=1S/C7H12N2/c1-7-4-8(2)6-9(3)5-7/h4-6H,1-3H3/q+2. The molecular formula is C7H12N2+2. The summed E-state index contributed by atoms with van der Waals surface area (Å²) in [6.45, 7) is 2.08. The zero-order valence-corrected chi connectivity index (χ0v) is 6.13. The van der Waals surface area contributed by atoms with Crippen LogP contribution in [-0.4, -0.2) is 0 Å². The average molecular weight is 124 g/mol. The monoisotopic (exact) mass is 124 g/mol. The summed E-state index contributed by atoms with van der Waals surface area (Å²) in [5.74, 6) is 0. The molecule has 0 saturated carbocycles. The van der Waals surface area contributed by atoms with Gasteiger partial charge in [0.2, 0.25) is 0 Å². The minimum Gasteiger partial charge on any atom is -0.152 e. The van der Waals surface area contributed by atoms with Crippen molar-refractivity contribution < 1.29 is 9.13 Å².